The van der Waals surface area contributed by atoms with Crippen molar-refractivity contribution in [3.8, 4) is 0 Å². The second kappa shape index (κ2) is 4.28. The van der Waals surface area contributed by atoms with Crippen LogP contribution in [-0.4, -0.2) is 35.3 Å². The molecule has 2 saturated heterocycles. The van der Waals surface area contributed by atoms with Gasteiger partial charge in [-0.2, -0.15) is 0 Å². The summed E-state index contributed by atoms with van der Waals surface area (Å²) in [6, 6.07) is 0. The molecular formula is C12H18N2O2. The highest BCUT2D eigenvalue weighted by Gasteiger charge is 2.38. The molecule has 0 saturated carbocycles. The summed E-state index contributed by atoms with van der Waals surface area (Å²) >= 11 is 0. The Balaban J connectivity index is 1.95. The summed E-state index contributed by atoms with van der Waals surface area (Å²) in [7, 11) is 0. The third-order valence-corrected chi connectivity index (χ3v) is 3.67. The minimum absolute atomic E-state index is 0.00279. The molecule has 0 unspecified atom stereocenters. The summed E-state index contributed by atoms with van der Waals surface area (Å²) in [5, 5.41) is 3.11. The molecule has 1 N–H and O–H groups in total. The van der Waals surface area contributed by atoms with Crippen LogP contribution in [0.4, 0.5) is 0 Å². The summed E-state index contributed by atoms with van der Waals surface area (Å²) in [4.78, 5) is 24.6. The van der Waals surface area contributed by atoms with Crippen molar-refractivity contribution in [2.24, 2.45) is 0 Å². The quantitative estimate of drug-likeness (QED) is 0.668. The van der Waals surface area contributed by atoms with E-state index in [9.17, 15) is 9.59 Å². The first-order chi connectivity index (χ1) is 7.65. The second-order valence-electron chi connectivity index (χ2n) is 4.71. The van der Waals surface area contributed by atoms with Gasteiger partial charge in [-0.15, -0.1) is 0 Å². The molecule has 0 bridgehead atoms. The lowest BCUT2D eigenvalue weighted by Crippen LogP contribution is -2.57. The van der Waals surface area contributed by atoms with Crippen molar-refractivity contribution in [1.29, 1.82) is 0 Å². The molecule has 16 heavy (non-hydrogen) atoms. The van der Waals surface area contributed by atoms with Crippen molar-refractivity contribution >= 4 is 11.8 Å². The molecule has 0 radical (unpaired) electrons. The molecule has 4 heteroatoms. The molecule has 2 heterocycles. The van der Waals surface area contributed by atoms with Crippen LogP contribution < -0.4 is 5.32 Å². The predicted octanol–water partition coefficient (Wildman–Crippen LogP) is 0.834. The molecule has 2 aliphatic rings. The number of hydrogen-bond acceptors (Lipinski definition) is 2. The lowest BCUT2D eigenvalue weighted by molar-refractivity contribution is -0.129. The van der Waals surface area contributed by atoms with Gasteiger partial charge < -0.3 is 10.2 Å². The molecule has 0 atom stereocenters. The van der Waals surface area contributed by atoms with Crippen LogP contribution in [0.3, 0.4) is 0 Å². The maximum Gasteiger partial charge on any atom is 0.245 e. The summed E-state index contributed by atoms with van der Waals surface area (Å²) in [6.07, 6.45) is 5.78. The number of likely N-dealkylation sites (tertiary alicyclic amines) is 1. The van der Waals surface area contributed by atoms with Crippen LogP contribution in [-0.2, 0) is 9.59 Å². The van der Waals surface area contributed by atoms with Gasteiger partial charge in [0.1, 0.15) is 0 Å². The van der Waals surface area contributed by atoms with Crippen molar-refractivity contribution < 1.29 is 9.59 Å². The molecule has 1 spiro atoms. The average Bonchev–Trinajstić information content (AvgIpc) is 2.29. The van der Waals surface area contributed by atoms with Crippen LogP contribution in [0.25, 0.3) is 0 Å². The van der Waals surface area contributed by atoms with Gasteiger partial charge >= 0.3 is 0 Å². The van der Waals surface area contributed by atoms with Crippen LogP contribution in [0, 0.1) is 0 Å². The first-order valence-electron chi connectivity index (χ1n) is 5.88. The minimum Gasteiger partial charge on any atom is -0.351 e. The number of nitrogens with one attached hydrogen (secondary N) is 1. The fourth-order valence-corrected chi connectivity index (χ4v) is 2.67. The van der Waals surface area contributed by atoms with Gasteiger partial charge in [0.2, 0.25) is 11.8 Å². The van der Waals surface area contributed by atoms with E-state index < -0.39 is 0 Å². The van der Waals surface area contributed by atoms with Crippen LogP contribution in [0.2, 0.25) is 0 Å². The SMILES string of the molecule is C=CC(=O)N1CCC2(CCCC(=O)N2)CC1. The maximum atomic E-state index is 11.4. The van der Waals surface area contributed by atoms with E-state index >= 15 is 0 Å². The van der Waals surface area contributed by atoms with Crippen LogP contribution >= 0.6 is 0 Å². The van der Waals surface area contributed by atoms with E-state index in [0.29, 0.717) is 6.42 Å². The summed E-state index contributed by atoms with van der Waals surface area (Å²) < 4.78 is 0. The molecule has 88 valence electrons. The molecule has 4 nitrogen and oxygen atoms in total. The van der Waals surface area contributed by atoms with Gasteiger partial charge in [-0.1, -0.05) is 6.58 Å². The third-order valence-electron chi connectivity index (χ3n) is 3.67. The molecule has 2 rings (SSSR count). The van der Waals surface area contributed by atoms with Gasteiger partial charge in [0.25, 0.3) is 0 Å². The number of amides is 2. The Hall–Kier alpha value is -1.32. The van der Waals surface area contributed by atoms with Crippen molar-refractivity contribution in [2.75, 3.05) is 13.1 Å². The zero-order chi connectivity index (χ0) is 11.6. The van der Waals surface area contributed by atoms with Gasteiger partial charge in [-0.05, 0) is 31.8 Å². The highest BCUT2D eigenvalue weighted by molar-refractivity contribution is 5.87. The van der Waals surface area contributed by atoms with E-state index in [-0.39, 0.29) is 17.4 Å². The highest BCUT2D eigenvalue weighted by Crippen LogP contribution is 2.30. The molecule has 2 amide bonds. The van der Waals surface area contributed by atoms with E-state index in [2.05, 4.69) is 11.9 Å². The molecule has 0 aromatic heterocycles. The smallest absolute Gasteiger partial charge is 0.245 e. The molecule has 0 aromatic rings. The zero-order valence-corrected chi connectivity index (χ0v) is 9.50. The Morgan fingerprint density at radius 2 is 2.06 bits per heavy atom. The number of carbonyl (C=O) groups excluding carboxylic acids is 2. The van der Waals surface area contributed by atoms with Crippen LogP contribution in [0.5, 0.6) is 0 Å². The Morgan fingerprint density at radius 1 is 1.38 bits per heavy atom. The molecule has 2 fully saturated rings. The Kier molecular flexibility index (Phi) is 2.99. The number of piperidine rings is 2. The Morgan fingerprint density at radius 3 is 2.62 bits per heavy atom. The number of nitrogens with zero attached hydrogens (tertiary/aromatic N) is 1. The number of hydrogen-bond donors (Lipinski definition) is 1. The summed E-state index contributed by atoms with van der Waals surface area (Å²) in [6.45, 7) is 4.95. The van der Waals surface area contributed by atoms with Gasteiger partial charge in [-0.3, -0.25) is 9.59 Å². The van der Waals surface area contributed by atoms with Gasteiger partial charge in [-0.25, -0.2) is 0 Å². The zero-order valence-electron chi connectivity index (χ0n) is 9.50. The highest BCUT2D eigenvalue weighted by atomic mass is 16.2. The van der Waals surface area contributed by atoms with Gasteiger partial charge in [0.05, 0.1) is 0 Å². The molecule has 2 aliphatic heterocycles. The summed E-state index contributed by atoms with van der Waals surface area (Å²) in [5.74, 6) is 0.159. The van der Waals surface area contributed by atoms with Crippen molar-refractivity contribution in [1.82, 2.24) is 10.2 Å². The predicted molar refractivity (Wildman–Crippen MR) is 60.7 cm³/mol. The number of carbonyl (C=O) groups is 2. The van der Waals surface area contributed by atoms with Crippen LogP contribution in [0.15, 0.2) is 12.7 Å². The van der Waals surface area contributed by atoms with E-state index in [1.165, 1.54) is 6.08 Å². The van der Waals surface area contributed by atoms with Crippen LogP contribution in [0.1, 0.15) is 32.1 Å². The second-order valence-corrected chi connectivity index (χ2v) is 4.71. The minimum atomic E-state index is -0.0344. The van der Waals surface area contributed by atoms with Crippen molar-refractivity contribution in [3.63, 3.8) is 0 Å². The largest absolute Gasteiger partial charge is 0.351 e. The Labute approximate surface area is 95.7 Å². The summed E-state index contributed by atoms with van der Waals surface area (Å²) in [5.41, 5.74) is -0.0344. The fraction of sp³-hybridized carbons (Fsp3) is 0.667. The lowest BCUT2D eigenvalue weighted by Gasteiger charge is -2.44. The number of rotatable bonds is 1. The topological polar surface area (TPSA) is 49.4 Å². The Bertz CT molecular complexity index is 317. The van der Waals surface area contributed by atoms with Gasteiger partial charge in [0, 0.05) is 25.0 Å². The van der Waals surface area contributed by atoms with E-state index in [1.807, 2.05) is 0 Å². The van der Waals surface area contributed by atoms with Crippen molar-refractivity contribution in [2.45, 2.75) is 37.6 Å². The fourth-order valence-electron chi connectivity index (χ4n) is 2.67. The lowest BCUT2D eigenvalue weighted by atomic mass is 9.80. The third kappa shape index (κ3) is 2.10. The van der Waals surface area contributed by atoms with E-state index in [1.54, 1.807) is 4.90 Å². The monoisotopic (exact) mass is 222 g/mol. The molecule has 0 aliphatic carbocycles. The first kappa shape index (κ1) is 11.2. The standard InChI is InChI=1S/C12H18N2O2/c1-2-11(16)14-8-6-12(7-9-14)5-3-4-10(15)13-12/h2H,1,3-9H2,(H,13,15). The van der Waals surface area contributed by atoms with E-state index in [0.717, 1.165) is 38.8 Å². The van der Waals surface area contributed by atoms with Gasteiger partial charge in [0.15, 0.2) is 0 Å². The van der Waals surface area contributed by atoms with Crippen molar-refractivity contribution in [3.05, 3.63) is 12.7 Å². The normalized spacial score (nSPS) is 24.0. The maximum absolute atomic E-state index is 11.4. The molecular weight excluding hydrogens is 204 g/mol. The van der Waals surface area contributed by atoms with E-state index in [4.69, 9.17) is 0 Å². The molecule has 0 aromatic carbocycles. The average molecular weight is 222 g/mol. The first-order valence-corrected chi connectivity index (χ1v) is 5.88.